The molecular weight excluding hydrogens is 731 g/mol. The first kappa shape index (κ1) is 40.4. The number of imidazole rings is 1. The van der Waals surface area contributed by atoms with Crippen LogP contribution in [0.25, 0.3) is 11.2 Å². The lowest BCUT2D eigenvalue weighted by atomic mass is 10.1. The van der Waals surface area contributed by atoms with Crippen LogP contribution in [0.1, 0.15) is 64.0 Å². The predicted octanol–water partition coefficient (Wildman–Crippen LogP) is 1.61. The molecule has 0 saturated carbocycles. The van der Waals surface area contributed by atoms with E-state index in [9.17, 15) is 19.2 Å². The highest BCUT2D eigenvalue weighted by atomic mass is 32.5. The summed E-state index contributed by atoms with van der Waals surface area (Å²) in [4.78, 5) is 70.4. The highest BCUT2D eigenvalue weighted by Gasteiger charge is 2.42. The molecule has 5 heterocycles. The molecule has 19 nitrogen and oxygen atoms in total. The van der Waals surface area contributed by atoms with Crippen molar-refractivity contribution in [3.63, 3.8) is 0 Å². The van der Waals surface area contributed by atoms with Gasteiger partial charge in [-0.3, -0.25) is 23.7 Å². The van der Waals surface area contributed by atoms with E-state index in [0.29, 0.717) is 42.0 Å². The molecule has 0 bridgehead atoms. The fourth-order valence-corrected chi connectivity index (χ4v) is 8.37. The van der Waals surface area contributed by atoms with Crippen molar-refractivity contribution in [2.75, 3.05) is 41.0 Å². The van der Waals surface area contributed by atoms with Crippen LogP contribution in [0.2, 0.25) is 0 Å². The normalized spacial score (nSPS) is 24.2. The summed E-state index contributed by atoms with van der Waals surface area (Å²) < 4.78 is 33.9. The Morgan fingerprint density at radius 2 is 1.81 bits per heavy atom. The molecule has 3 N–H and O–H groups in total. The third-order valence-corrected chi connectivity index (χ3v) is 11.3. The van der Waals surface area contributed by atoms with Crippen LogP contribution in [0.3, 0.4) is 0 Å². The van der Waals surface area contributed by atoms with E-state index in [-0.39, 0.29) is 44.3 Å². The summed E-state index contributed by atoms with van der Waals surface area (Å²) in [5.41, 5.74) is 0.280. The van der Waals surface area contributed by atoms with Crippen molar-refractivity contribution in [2.45, 2.75) is 89.6 Å². The molecule has 0 aliphatic carbocycles. The number of carbonyl (C=O) groups is 2. The van der Waals surface area contributed by atoms with Gasteiger partial charge >= 0.3 is 11.7 Å². The van der Waals surface area contributed by atoms with Gasteiger partial charge in [0.1, 0.15) is 37.3 Å². The third-order valence-electron chi connectivity index (χ3n) is 8.65. The number of rotatable bonds is 18. The number of Topliss-reactive ketones (excluding diaryl/α,β-unsaturated/α-hetero) is 1. The number of H-pyrrole nitrogens is 1. The predicted molar refractivity (Wildman–Crippen MR) is 197 cm³/mol. The number of aliphatic imine (C=N–C) groups is 1. The van der Waals surface area contributed by atoms with Crippen LogP contribution in [0, 0.1) is 6.92 Å². The van der Waals surface area contributed by atoms with Crippen LogP contribution in [0.4, 0.5) is 5.82 Å². The van der Waals surface area contributed by atoms with Crippen molar-refractivity contribution in [1.29, 1.82) is 0 Å². The second kappa shape index (κ2) is 18.1. The number of aromatic amines is 1. The van der Waals surface area contributed by atoms with E-state index >= 15 is 0 Å². The van der Waals surface area contributed by atoms with Crippen LogP contribution in [0.5, 0.6) is 0 Å². The molecule has 2 aliphatic rings. The summed E-state index contributed by atoms with van der Waals surface area (Å²) in [5.74, 6) is -0.267. The van der Waals surface area contributed by atoms with Gasteiger partial charge in [-0.1, -0.05) is 6.92 Å². The summed E-state index contributed by atoms with van der Waals surface area (Å²) >= 11 is 6.03. The number of carbonyl (C=O) groups excluding carboxylic acids is 2. The van der Waals surface area contributed by atoms with Crippen molar-refractivity contribution in [2.24, 2.45) is 4.99 Å². The summed E-state index contributed by atoms with van der Waals surface area (Å²) in [6.07, 6.45) is 5.08. The molecule has 53 heavy (non-hydrogen) atoms. The minimum absolute atomic E-state index is 0.0507. The number of fused-ring (bicyclic) bond motifs is 1. The fourth-order valence-electron chi connectivity index (χ4n) is 5.89. The van der Waals surface area contributed by atoms with E-state index in [2.05, 4.69) is 35.3 Å². The van der Waals surface area contributed by atoms with Crippen LogP contribution in [0.15, 0.2) is 33.4 Å². The largest absolute Gasteiger partial charge is 0.463 e. The Kier molecular flexibility index (Phi) is 13.8. The average Bonchev–Trinajstić information content (AvgIpc) is 3.85. The average molecular weight is 779 g/mol. The summed E-state index contributed by atoms with van der Waals surface area (Å²) in [6, 6.07) is -0.724. The van der Waals surface area contributed by atoms with Crippen molar-refractivity contribution in [1.82, 2.24) is 44.4 Å². The molecule has 0 spiro atoms. The van der Waals surface area contributed by atoms with E-state index in [1.165, 1.54) is 24.0 Å². The molecule has 5 rings (SSSR count). The highest BCUT2D eigenvalue weighted by molar-refractivity contribution is 8.09. The minimum Gasteiger partial charge on any atom is -0.463 e. The third kappa shape index (κ3) is 10.3. The number of hydrogen-bond acceptors (Lipinski definition) is 15. The smallest absolute Gasteiger partial charge is 0.330 e. The lowest BCUT2D eigenvalue weighted by molar-refractivity contribution is -0.149. The van der Waals surface area contributed by atoms with Gasteiger partial charge in [0, 0.05) is 57.2 Å². The zero-order chi connectivity index (χ0) is 38.3. The summed E-state index contributed by atoms with van der Waals surface area (Å²) in [5, 5.41) is 6.65. The van der Waals surface area contributed by atoms with Crippen molar-refractivity contribution in [3.05, 3.63) is 45.3 Å². The second-order valence-corrected chi connectivity index (χ2v) is 16.3. The number of aryl methyl sites for hydroxylation is 1. The molecule has 3 aromatic heterocycles. The summed E-state index contributed by atoms with van der Waals surface area (Å²) in [6.45, 7) is 1.83. The quantitative estimate of drug-likeness (QED) is 0.0723. The number of esters is 1. The van der Waals surface area contributed by atoms with Crippen LogP contribution < -0.4 is 21.7 Å². The van der Waals surface area contributed by atoms with E-state index < -0.39 is 54.6 Å². The topological polar surface area (TPSA) is 218 Å². The fraction of sp³-hybridized carbons (Fsp3) is 0.625. The SMILES string of the molecule is CCCOP(=S)(N[C@H]1C[C@H](n2cc(C)c(=O)[nH]c2=O)O[C@@H]1COC(=O)CCC(C)=O)OC[C@H]1O[C@@H](n2cnc3c(/N=C\N(C)C)ncnc32)C[C@@H]1NC. The van der Waals surface area contributed by atoms with E-state index in [4.69, 9.17) is 35.1 Å². The number of aromatic nitrogens is 6. The molecular formula is C32H47N10O9PS. The maximum absolute atomic E-state index is 12.8. The number of hydrogen-bond donors (Lipinski definition) is 3. The van der Waals surface area contributed by atoms with Gasteiger partial charge in [-0.25, -0.2) is 29.8 Å². The molecule has 2 saturated heterocycles. The number of nitrogens with zero attached hydrogens (tertiary/aromatic N) is 7. The number of ether oxygens (including phenoxy) is 3. The maximum atomic E-state index is 12.8. The second-order valence-electron chi connectivity index (χ2n) is 13.1. The van der Waals surface area contributed by atoms with Gasteiger partial charge in [0.05, 0.1) is 38.4 Å². The monoisotopic (exact) mass is 778 g/mol. The molecule has 1 unspecified atom stereocenters. The Morgan fingerprint density at radius 1 is 1.09 bits per heavy atom. The Morgan fingerprint density at radius 3 is 2.51 bits per heavy atom. The Bertz CT molecular complexity index is 1950. The van der Waals surface area contributed by atoms with Crippen molar-refractivity contribution >= 4 is 53.5 Å². The molecule has 290 valence electrons. The van der Waals surface area contributed by atoms with Crippen LogP contribution in [-0.2, 0) is 44.7 Å². The van der Waals surface area contributed by atoms with Gasteiger partial charge in [0.25, 0.3) is 12.2 Å². The van der Waals surface area contributed by atoms with Gasteiger partial charge in [-0.15, -0.1) is 0 Å². The van der Waals surface area contributed by atoms with Gasteiger partial charge in [-0.2, -0.15) is 0 Å². The van der Waals surface area contributed by atoms with E-state index in [1.807, 2.05) is 32.6 Å². The number of ketones is 1. The zero-order valence-corrected chi connectivity index (χ0v) is 32.3. The lowest BCUT2D eigenvalue weighted by Crippen LogP contribution is -2.40. The van der Waals surface area contributed by atoms with Crippen molar-refractivity contribution in [3.8, 4) is 0 Å². The molecule has 21 heteroatoms. The molecule has 3 aromatic rings. The lowest BCUT2D eigenvalue weighted by Gasteiger charge is -2.30. The van der Waals surface area contributed by atoms with Crippen molar-refractivity contribution < 1.29 is 32.8 Å². The van der Waals surface area contributed by atoms with Crippen LogP contribution in [-0.4, -0.2) is 117 Å². The Hall–Kier alpha value is -3.75. The number of likely N-dealkylation sites (N-methyl/N-ethyl adjacent to an activating group) is 1. The van der Waals surface area contributed by atoms with Gasteiger partial charge < -0.3 is 38.3 Å². The van der Waals surface area contributed by atoms with Gasteiger partial charge in [-0.05, 0) is 39.1 Å². The standard InChI is InChI=1S/C32H47N10O9PS/c1-7-10-48-52(53,39-22-12-25(41-13-19(2)31(45)38-32(41)46)50-23(22)14-47-27(44)9-8-20(3)43)49-15-24-21(33-4)11-26(51-24)42-18-36-28-29(37-17-40(5)6)34-16-35-30(28)42/h13,16-18,21-26,33H,7-12,14-15H2,1-6H3,(H,39,53)(H,38,45,46)/b37-17-/t21-,22-,23+,24+,25+,26+,52?/m0/s1. The Labute approximate surface area is 311 Å². The minimum atomic E-state index is -3.27. The molecule has 0 amide bonds. The highest BCUT2D eigenvalue weighted by Crippen LogP contribution is 2.48. The van der Waals surface area contributed by atoms with E-state index in [0.717, 1.165) is 0 Å². The van der Waals surface area contributed by atoms with Gasteiger partial charge in [0.2, 0.25) is 0 Å². The number of nitrogens with one attached hydrogen (secondary N) is 3. The molecule has 2 fully saturated rings. The molecule has 0 aromatic carbocycles. The molecule has 2 aliphatic heterocycles. The first-order valence-electron chi connectivity index (χ1n) is 17.3. The van der Waals surface area contributed by atoms with E-state index in [1.54, 1.807) is 24.5 Å². The first-order valence-corrected chi connectivity index (χ1v) is 19.9. The zero-order valence-electron chi connectivity index (χ0n) is 30.6. The maximum Gasteiger partial charge on any atom is 0.330 e. The Balaban J connectivity index is 1.32. The molecule has 7 atom stereocenters. The summed E-state index contributed by atoms with van der Waals surface area (Å²) in [7, 11) is 5.56. The first-order chi connectivity index (χ1) is 25.3. The van der Waals surface area contributed by atoms with Gasteiger partial charge in [0.15, 0.2) is 17.0 Å². The van der Waals surface area contributed by atoms with Crippen LogP contribution >= 0.6 is 6.64 Å². The molecule has 0 radical (unpaired) electrons.